The van der Waals surface area contributed by atoms with Gasteiger partial charge in [0, 0.05) is 32.7 Å². The highest BCUT2D eigenvalue weighted by Crippen LogP contribution is 2.40. The molecule has 2 aromatic rings. The molecule has 6 heteroatoms. The van der Waals surface area contributed by atoms with Crippen LogP contribution in [0.1, 0.15) is 28.4 Å². The number of hydrogen-bond acceptors (Lipinski definition) is 5. The lowest BCUT2D eigenvalue weighted by molar-refractivity contribution is 0.101. The molecule has 0 saturated carbocycles. The molecule has 0 atom stereocenters. The van der Waals surface area contributed by atoms with Crippen LogP contribution in [0.4, 0.5) is 4.39 Å². The number of allylic oxidation sites excluding steroid dienone is 1. The lowest BCUT2D eigenvalue weighted by atomic mass is 10.0. The predicted octanol–water partition coefficient (Wildman–Crippen LogP) is 3.29. The molecule has 2 heterocycles. The van der Waals surface area contributed by atoms with Crippen molar-refractivity contribution in [2.75, 3.05) is 32.7 Å². The highest BCUT2D eigenvalue weighted by Gasteiger charge is 2.32. The van der Waals surface area contributed by atoms with Crippen molar-refractivity contribution in [3.63, 3.8) is 0 Å². The first-order valence-electron chi connectivity index (χ1n) is 9.54. The summed E-state index contributed by atoms with van der Waals surface area (Å²) in [6, 6.07) is 9.12. The van der Waals surface area contributed by atoms with Crippen LogP contribution >= 0.6 is 0 Å². The Labute approximate surface area is 163 Å². The van der Waals surface area contributed by atoms with Crippen molar-refractivity contribution in [1.82, 2.24) is 9.80 Å². The summed E-state index contributed by atoms with van der Waals surface area (Å²) in [6.45, 7) is 7.47. The Bertz CT molecular complexity index is 933. The van der Waals surface area contributed by atoms with E-state index in [-0.39, 0.29) is 23.1 Å². The number of ketones is 1. The smallest absolute Gasteiger partial charge is 0.231 e. The lowest BCUT2D eigenvalue weighted by Gasteiger charge is -2.34. The zero-order valence-corrected chi connectivity index (χ0v) is 15.8. The third kappa shape index (κ3) is 3.66. The maximum Gasteiger partial charge on any atom is 0.231 e. The summed E-state index contributed by atoms with van der Waals surface area (Å²) in [7, 11) is 0. The Kier molecular flexibility index (Phi) is 5.15. The van der Waals surface area contributed by atoms with Crippen molar-refractivity contribution >= 4 is 11.9 Å². The number of phenolic OH excluding ortho intramolecular Hbond substituents is 1. The second kappa shape index (κ2) is 7.73. The van der Waals surface area contributed by atoms with Crippen molar-refractivity contribution in [3.8, 4) is 11.5 Å². The molecule has 1 fully saturated rings. The Balaban J connectivity index is 1.59. The summed E-state index contributed by atoms with van der Waals surface area (Å²) < 4.78 is 19.3. The molecule has 146 valence electrons. The topological polar surface area (TPSA) is 53.0 Å². The van der Waals surface area contributed by atoms with E-state index in [0.717, 1.165) is 32.7 Å². The molecule has 5 nitrogen and oxygen atoms in total. The van der Waals surface area contributed by atoms with Crippen LogP contribution in [-0.2, 0) is 6.54 Å². The zero-order chi connectivity index (χ0) is 19.7. The Hall–Kier alpha value is -2.70. The summed E-state index contributed by atoms with van der Waals surface area (Å²) in [5.41, 5.74) is 1.61. The number of likely N-dealkylation sites (N-methyl/N-ethyl adjacent to an activating group) is 1. The fourth-order valence-corrected chi connectivity index (χ4v) is 3.68. The number of phenols is 1. The molecule has 28 heavy (non-hydrogen) atoms. The largest absolute Gasteiger partial charge is 0.507 e. The number of hydrogen-bond donors (Lipinski definition) is 1. The third-order valence-corrected chi connectivity index (χ3v) is 5.36. The van der Waals surface area contributed by atoms with Crippen molar-refractivity contribution in [2.45, 2.75) is 13.5 Å². The number of carbonyl (C=O) groups excluding carboxylic acids is 1. The van der Waals surface area contributed by atoms with E-state index in [0.29, 0.717) is 29.0 Å². The van der Waals surface area contributed by atoms with Crippen molar-refractivity contribution in [3.05, 3.63) is 64.7 Å². The molecular formula is C22H23FN2O3. The number of Topliss-reactive ketones (excluding diaryl/α,β-unsaturated/α-hetero) is 1. The average Bonchev–Trinajstić information content (AvgIpc) is 3.00. The second-order valence-electron chi connectivity index (χ2n) is 7.15. The van der Waals surface area contributed by atoms with Crippen molar-refractivity contribution in [2.24, 2.45) is 0 Å². The Morgan fingerprint density at radius 1 is 1.14 bits per heavy atom. The molecule has 1 saturated heterocycles. The van der Waals surface area contributed by atoms with E-state index in [1.807, 2.05) is 0 Å². The molecule has 2 aromatic carbocycles. The number of rotatable bonds is 4. The maximum absolute atomic E-state index is 13.4. The fourth-order valence-electron chi connectivity index (χ4n) is 3.68. The summed E-state index contributed by atoms with van der Waals surface area (Å²) in [5, 5.41) is 10.4. The molecular weight excluding hydrogens is 359 g/mol. The van der Waals surface area contributed by atoms with Crippen LogP contribution in [0.5, 0.6) is 11.5 Å². The maximum atomic E-state index is 13.4. The van der Waals surface area contributed by atoms with Gasteiger partial charge in [-0.15, -0.1) is 0 Å². The minimum Gasteiger partial charge on any atom is -0.507 e. The molecule has 4 rings (SSSR count). The number of nitrogens with zero attached hydrogens (tertiary/aromatic N) is 2. The van der Waals surface area contributed by atoms with E-state index in [4.69, 9.17) is 4.74 Å². The van der Waals surface area contributed by atoms with Crippen molar-refractivity contribution < 1.29 is 19.0 Å². The van der Waals surface area contributed by atoms with Crippen LogP contribution in [0, 0.1) is 5.82 Å². The standard InChI is InChI=1S/C22H23FN2O3/c1-2-24-8-10-25(11-9-24)14-18-19(26)7-6-17-21(27)20(28-22(17)18)13-15-4-3-5-16(23)12-15/h3-7,12-13,26H,2,8-11,14H2,1H3/b20-13-. The number of piperazine rings is 1. The van der Waals surface area contributed by atoms with Crippen LogP contribution in [0.15, 0.2) is 42.2 Å². The predicted molar refractivity (Wildman–Crippen MR) is 105 cm³/mol. The normalized spacial score (nSPS) is 19.1. The first kappa shape index (κ1) is 18.7. The third-order valence-electron chi connectivity index (χ3n) is 5.36. The first-order chi connectivity index (χ1) is 13.5. The van der Waals surface area contributed by atoms with Gasteiger partial charge in [-0.05, 0) is 42.4 Å². The Morgan fingerprint density at radius 3 is 2.61 bits per heavy atom. The van der Waals surface area contributed by atoms with Crippen LogP contribution in [0.2, 0.25) is 0 Å². The quantitative estimate of drug-likeness (QED) is 0.823. The summed E-state index contributed by atoms with van der Waals surface area (Å²) in [6.07, 6.45) is 1.53. The van der Waals surface area contributed by atoms with E-state index in [9.17, 15) is 14.3 Å². The molecule has 0 radical (unpaired) electrons. The molecule has 2 aliphatic rings. The summed E-state index contributed by atoms with van der Waals surface area (Å²) in [4.78, 5) is 17.4. The number of benzene rings is 2. The molecule has 0 amide bonds. The first-order valence-corrected chi connectivity index (χ1v) is 9.54. The number of aromatic hydroxyl groups is 1. The highest BCUT2D eigenvalue weighted by atomic mass is 19.1. The van der Waals surface area contributed by atoms with Gasteiger partial charge in [0.15, 0.2) is 5.76 Å². The molecule has 0 spiro atoms. The monoisotopic (exact) mass is 382 g/mol. The van der Waals surface area contributed by atoms with Gasteiger partial charge in [-0.25, -0.2) is 4.39 Å². The lowest BCUT2D eigenvalue weighted by Crippen LogP contribution is -2.45. The van der Waals surface area contributed by atoms with Gasteiger partial charge < -0.3 is 14.7 Å². The van der Waals surface area contributed by atoms with Gasteiger partial charge in [-0.1, -0.05) is 19.1 Å². The Morgan fingerprint density at radius 2 is 1.89 bits per heavy atom. The van der Waals surface area contributed by atoms with Gasteiger partial charge in [0.2, 0.25) is 5.78 Å². The molecule has 1 N–H and O–H groups in total. The second-order valence-corrected chi connectivity index (χ2v) is 7.15. The minimum atomic E-state index is -0.373. The van der Waals surface area contributed by atoms with Gasteiger partial charge in [0.05, 0.1) is 11.1 Å². The molecule has 2 aliphatic heterocycles. The van der Waals surface area contributed by atoms with Crippen LogP contribution in [0.25, 0.3) is 6.08 Å². The summed E-state index contributed by atoms with van der Waals surface area (Å²) >= 11 is 0. The van der Waals surface area contributed by atoms with Crippen molar-refractivity contribution in [1.29, 1.82) is 0 Å². The number of fused-ring (bicyclic) bond motifs is 1. The van der Waals surface area contributed by atoms with E-state index < -0.39 is 0 Å². The van der Waals surface area contributed by atoms with Gasteiger partial charge >= 0.3 is 0 Å². The van der Waals surface area contributed by atoms with Crippen LogP contribution < -0.4 is 4.74 Å². The van der Waals surface area contributed by atoms with Gasteiger partial charge in [-0.3, -0.25) is 9.69 Å². The number of ether oxygens (including phenoxy) is 1. The molecule has 0 unspecified atom stereocenters. The van der Waals surface area contributed by atoms with Gasteiger partial charge in [-0.2, -0.15) is 0 Å². The SMILES string of the molecule is CCN1CCN(Cc2c(O)ccc3c2O/C(=C\c2cccc(F)c2)C3=O)CC1. The van der Waals surface area contributed by atoms with Gasteiger partial charge in [0.1, 0.15) is 17.3 Å². The zero-order valence-electron chi connectivity index (χ0n) is 15.8. The van der Waals surface area contributed by atoms with Gasteiger partial charge in [0.25, 0.3) is 0 Å². The van der Waals surface area contributed by atoms with Crippen LogP contribution in [-0.4, -0.2) is 53.4 Å². The minimum absolute atomic E-state index is 0.122. The number of carbonyl (C=O) groups is 1. The van der Waals surface area contributed by atoms with E-state index in [2.05, 4.69) is 16.7 Å². The average molecular weight is 382 g/mol. The molecule has 0 aliphatic carbocycles. The molecule has 0 bridgehead atoms. The fraction of sp³-hybridized carbons (Fsp3) is 0.318. The highest BCUT2D eigenvalue weighted by molar-refractivity contribution is 6.15. The molecule has 0 aromatic heterocycles. The number of halogens is 1. The van der Waals surface area contributed by atoms with E-state index >= 15 is 0 Å². The van der Waals surface area contributed by atoms with E-state index in [1.54, 1.807) is 24.3 Å². The van der Waals surface area contributed by atoms with E-state index in [1.165, 1.54) is 18.2 Å². The summed E-state index contributed by atoms with van der Waals surface area (Å²) in [5.74, 6) is 0.0449. The van der Waals surface area contributed by atoms with Crippen LogP contribution in [0.3, 0.4) is 0 Å².